The Bertz CT molecular complexity index is 830. The van der Waals surface area contributed by atoms with Gasteiger partial charge in [-0.3, -0.25) is 4.79 Å². The van der Waals surface area contributed by atoms with Gasteiger partial charge in [-0.2, -0.15) is 0 Å². The highest BCUT2D eigenvalue weighted by Gasteiger charge is 2.36. The number of carbonyl (C=O) groups excluding carboxylic acids is 1. The Morgan fingerprint density at radius 1 is 1.04 bits per heavy atom. The van der Waals surface area contributed by atoms with Gasteiger partial charge in [-0.1, -0.05) is 31.0 Å². The lowest BCUT2D eigenvalue weighted by Gasteiger charge is -2.31. The van der Waals surface area contributed by atoms with Gasteiger partial charge in [-0.25, -0.2) is 4.39 Å². The molecule has 0 spiro atoms. The Kier molecular flexibility index (Phi) is 5.01. The zero-order valence-corrected chi connectivity index (χ0v) is 15.3. The zero-order valence-electron chi connectivity index (χ0n) is 15.3. The van der Waals surface area contributed by atoms with Gasteiger partial charge in [0.25, 0.3) is 0 Å². The molecule has 2 aliphatic rings. The van der Waals surface area contributed by atoms with E-state index in [0.717, 1.165) is 37.2 Å². The number of benzene rings is 2. The highest BCUT2D eigenvalue weighted by molar-refractivity contribution is 5.78. The van der Waals surface area contributed by atoms with Crippen LogP contribution < -0.4 is 14.8 Å². The van der Waals surface area contributed by atoms with E-state index < -0.39 is 0 Å². The van der Waals surface area contributed by atoms with Crippen LogP contribution >= 0.6 is 0 Å². The summed E-state index contributed by atoms with van der Waals surface area (Å²) >= 11 is 0. The van der Waals surface area contributed by atoms with Crippen molar-refractivity contribution < 1.29 is 18.7 Å². The fraction of sp³-hybridized carbons (Fsp3) is 0.409. The number of amides is 1. The fourth-order valence-electron chi connectivity index (χ4n) is 4.16. The van der Waals surface area contributed by atoms with Gasteiger partial charge in [-0.05, 0) is 48.2 Å². The van der Waals surface area contributed by atoms with E-state index in [1.807, 2.05) is 6.07 Å². The van der Waals surface area contributed by atoms with Crippen LogP contribution in [0.25, 0.3) is 0 Å². The Hall–Kier alpha value is -2.56. The van der Waals surface area contributed by atoms with Gasteiger partial charge in [0.05, 0.1) is 6.42 Å². The number of rotatable bonds is 5. The van der Waals surface area contributed by atoms with Crippen LogP contribution in [0.3, 0.4) is 0 Å². The van der Waals surface area contributed by atoms with Crippen molar-refractivity contribution in [2.45, 2.75) is 37.5 Å². The molecular weight excluding hydrogens is 345 g/mol. The van der Waals surface area contributed by atoms with E-state index in [2.05, 4.69) is 17.4 Å². The smallest absolute Gasteiger partial charge is 0.224 e. The molecule has 1 heterocycles. The monoisotopic (exact) mass is 369 g/mol. The summed E-state index contributed by atoms with van der Waals surface area (Å²) in [4.78, 5) is 12.4. The highest BCUT2D eigenvalue weighted by atomic mass is 19.1. The summed E-state index contributed by atoms with van der Waals surface area (Å²) in [6.07, 6.45) is 4.55. The first kappa shape index (κ1) is 17.8. The van der Waals surface area contributed by atoms with Crippen LogP contribution in [0, 0.1) is 5.82 Å². The van der Waals surface area contributed by atoms with Crippen molar-refractivity contribution in [2.24, 2.45) is 0 Å². The quantitative estimate of drug-likeness (QED) is 0.873. The molecule has 0 unspecified atom stereocenters. The third-order valence-corrected chi connectivity index (χ3v) is 5.59. The molecule has 1 saturated carbocycles. The maximum atomic E-state index is 13.3. The van der Waals surface area contributed by atoms with Crippen molar-refractivity contribution in [1.82, 2.24) is 5.32 Å². The third kappa shape index (κ3) is 3.92. The predicted octanol–water partition coefficient (Wildman–Crippen LogP) is 3.77. The standard InChI is InChI=1S/C22H24FNO3/c23-18-5-3-4-16(12-18)13-21(25)24-15-22(8-1-2-9-22)17-6-7-19-20(14-17)27-11-10-26-19/h3-7,12,14H,1-2,8-11,13,15H2,(H,24,25). The van der Waals surface area contributed by atoms with Crippen molar-refractivity contribution in [3.05, 3.63) is 59.4 Å². The van der Waals surface area contributed by atoms with Gasteiger partial charge in [0.2, 0.25) is 5.91 Å². The fourth-order valence-corrected chi connectivity index (χ4v) is 4.16. The maximum absolute atomic E-state index is 13.3. The second-order valence-corrected chi connectivity index (χ2v) is 7.43. The minimum atomic E-state index is -0.316. The molecule has 5 heteroatoms. The molecule has 1 amide bonds. The van der Waals surface area contributed by atoms with Gasteiger partial charge >= 0.3 is 0 Å². The van der Waals surface area contributed by atoms with Gasteiger partial charge in [0, 0.05) is 12.0 Å². The number of hydrogen-bond donors (Lipinski definition) is 1. The number of halogens is 1. The van der Waals surface area contributed by atoms with Crippen LogP contribution in [-0.2, 0) is 16.6 Å². The third-order valence-electron chi connectivity index (χ3n) is 5.59. The molecule has 0 aromatic heterocycles. The lowest BCUT2D eigenvalue weighted by molar-refractivity contribution is -0.120. The first-order valence-corrected chi connectivity index (χ1v) is 9.56. The molecule has 2 aromatic rings. The Balaban J connectivity index is 1.47. The Morgan fingerprint density at radius 3 is 2.59 bits per heavy atom. The molecule has 1 fully saturated rings. The van der Waals surface area contributed by atoms with E-state index in [-0.39, 0.29) is 23.6 Å². The summed E-state index contributed by atoms with van der Waals surface area (Å²) in [5, 5.41) is 3.08. The van der Waals surface area contributed by atoms with E-state index in [1.54, 1.807) is 12.1 Å². The van der Waals surface area contributed by atoms with Crippen molar-refractivity contribution in [2.75, 3.05) is 19.8 Å². The number of ether oxygens (including phenoxy) is 2. The van der Waals surface area contributed by atoms with Crippen LogP contribution in [0.5, 0.6) is 11.5 Å². The minimum absolute atomic E-state index is 0.0760. The molecular formula is C22H24FNO3. The Labute approximate surface area is 158 Å². The average molecular weight is 369 g/mol. The van der Waals surface area contributed by atoms with Crippen LogP contribution in [-0.4, -0.2) is 25.7 Å². The molecule has 4 rings (SSSR count). The summed E-state index contributed by atoms with van der Waals surface area (Å²) in [7, 11) is 0. The first-order valence-electron chi connectivity index (χ1n) is 9.56. The van der Waals surface area contributed by atoms with Crippen molar-refractivity contribution in [3.8, 4) is 11.5 Å². The Morgan fingerprint density at radius 2 is 1.81 bits per heavy atom. The van der Waals surface area contributed by atoms with E-state index in [4.69, 9.17) is 9.47 Å². The van der Waals surface area contributed by atoms with Crippen molar-refractivity contribution >= 4 is 5.91 Å². The van der Waals surface area contributed by atoms with Crippen LogP contribution in [0.15, 0.2) is 42.5 Å². The summed E-state index contributed by atoms with van der Waals surface area (Å²) in [5.41, 5.74) is 1.80. The van der Waals surface area contributed by atoms with Crippen LogP contribution in [0.4, 0.5) is 4.39 Å². The normalized spacial score (nSPS) is 17.5. The molecule has 4 nitrogen and oxygen atoms in total. The maximum Gasteiger partial charge on any atom is 0.224 e. The predicted molar refractivity (Wildman–Crippen MR) is 101 cm³/mol. The molecule has 1 aliphatic carbocycles. The molecule has 1 N–H and O–H groups in total. The van der Waals surface area contributed by atoms with E-state index in [0.29, 0.717) is 25.3 Å². The molecule has 0 bridgehead atoms. The van der Waals surface area contributed by atoms with E-state index >= 15 is 0 Å². The van der Waals surface area contributed by atoms with Crippen LogP contribution in [0.1, 0.15) is 36.8 Å². The van der Waals surface area contributed by atoms with Crippen molar-refractivity contribution in [1.29, 1.82) is 0 Å². The van der Waals surface area contributed by atoms with Gasteiger partial charge in [0.1, 0.15) is 19.0 Å². The van der Waals surface area contributed by atoms with Crippen molar-refractivity contribution in [3.63, 3.8) is 0 Å². The zero-order chi connectivity index (χ0) is 18.7. The largest absolute Gasteiger partial charge is 0.486 e. The van der Waals surface area contributed by atoms with Gasteiger partial charge in [0.15, 0.2) is 11.5 Å². The summed E-state index contributed by atoms with van der Waals surface area (Å²) in [6, 6.07) is 12.3. The number of nitrogens with one attached hydrogen (secondary N) is 1. The number of fused-ring (bicyclic) bond motifs is 1. The second kappa shape index (κ2) is 7.59. The molecule has 0 radical (unpaired) electrons. The molecule has 1 aliphatic heterocycles. The average Bonchev–Trinajstić information content (AvgIpc) is 3.16. The van der Waals surface area contributed by atoms with E-state index in [9.17, 15) is 9.18 Å². The molecule has 142 valence electrons. The number of hydrogen-bond acceptors (Lipinski definition) is 3. The summed E-state index contributed by atoms with van der Waals surface area (Å²) in [6.45, 7) is 1.72. The number of carbonyl (C=O) groups is 1. The second-order valence-electron chi connectivity index (χ2n) is 7.43. The lowest BCUT2D eigenvalue weighted by Crippen LogP contribution is -2.39. The van der Waals surface area contributed by atoms with E-state index in [1.165, 1.54) is 17.7 Å². The van der Waals surface area contributed by atoms with Gasteiger partial charge < -0.3 is 14.8 Å². The molecule has 27 heavy (non-hydrogen) atoms. The van der Waals surface area contributed by atoms with Gasteiger partial charge in [-0.15, -0.1) is 0 Å². The molecule has 2 aromatic carbocycles. The minimum Gasteiger partial charge on any atom is -0.486 e. The molecule has 0 atom stereocenters. The SMILES string of the molecule is O=C(Cc1cccc(F)c1)NCC1(c2ccc3c(c2)OCCO3)CCCC1. The lowest BCUT2D eigenvalue weighted by atomic mass is 9.78. The topological polar surface area (TPSA) is 47.6 Å². The van der Waals surface area contributed by atoms with Crippen LogP contribution in [0.2, 0.25) is 0 Å². The highest BCUT2D eigenvalue weighted by Crippen LogP contribution is 2.43. The summed E-state index contributed by atoms with van der Waals surface area (Å²) < 4.78 is 24.7. The first-order chi connectivity index (χ1) is 13.1. The summed E-state index contributed by atoms with van der Waals surface area (Å²) in [5.74, 6) is 1.18. The molecule has 0 saturated heterocycles.